The first kappa shape index (κ1) is 13.9. The second-order valence-electron chi connectivity index (χ2n) is 6.80. The van der Waals surface area contributed by atoms with E-state index >= 15 is 0 Å². The van der Waals surface area contributed by atoms with Crippen LogP contribution in [0.1, 0.15) is 65.2 Å². The highest BCUT2D eigenvalue weighted by molar-refractivity contribution is 5.80. The SMILES string of the molecule is CC1CCC(N)C(C(=O)NC2(C)CCCCC2)C1. The maximum absolute atomic E-state index is 12.4. The predicted molar refractivity (Wildman–Crippen MR) is 74.1 cm³/mol. The Bertz CT molecular complexity index is 297. The lowest BCUT2D eigenvalue weighted by Gasteiger charge is -2.38. The number of nitrogens with two attached hydrogens (primary N) is 1. The minimum Gasteiger partial charge on any atom is -0.351 e. The molecule has 18 heavy (non-hydrogen) atoms. The summed E-state index contributed by atoms with van der Waals surface area (Å²) in [6.45, 7) is 4.43. The standard InChI is InChI=1S/C15H28N2O/c1-11-6-7-13(16)12(10-11)14(18)17-15(2)8-4-3-5-9-15/h11-13H,3-10,16H2,1-2H3,(H,17,18). The molecule has 2 aliphatic carbocycles. The van der Waals surface area contributed by atoms with Gasteiger partial charge in [-0.3, -0.25) is 4.79 Å². The Balaban J connectivity index is 1.93. The van der Waals surface area contributed by atoms with Gasteiger partial charge in [-0.2, -0.15) is 0 Å². The average molecular weight is 252 g/mol. The molecule has 3 atom stereocenters. The number of nitrogens with one attached hydrogen (secondary N) is 1. The summed E-state index contributed by atoms with van der Waals surface area (Å²) in [5.74, 6) is 0.880. The largest absolute Gasteiger partial charge is 0.351 e. The maximum Gasteiger partial charge on any atom is 0.225 e. The Labute approximate surface area is 111 Å². The molecule has 3 N–H and O–H groups in total. The third-order valence-electron chi connectivity index (χ3n) is 4.88. The summed E-state index contributed by atoms with van der Waals surface area (Å²) in [4.78, 5) is 12.4. The Morgan fingerprint density at radius 3 is 2.56 bits per heavy atom. The number of carbonyl (C=O) groups excluding carboxylic acids is 1. The molecular weight excluding hydrogens is 224 g/mol. The van der Waals surface area contributed by atoms with Gasteiger partial charge in [0.1, 0.15) is 0 Å². The smallest absolute Gasteiger partial charge is 0.225 e. The summed E-state index contributed by atoms with van der Waals surface area (Å²) in [5, 5.41) is 3.30. The van der Waals surface area contributed by atoms with Crippen LogP contribution in [0.4, 0.5) is 0 Å². The fourth-order valence-corrected chi connectivity index (χ4v) is 3.55. The Morgan fingerprint density at radius 1 is 1.22 bits per heavy atom. The molecule has 0 spiro atoms. The molecule has 3 nitrogen and oxygen atoms in total. The summed E-state index contributed by atoms with van der Waals surface area (Å²) in [5.41, 5.74) is 6.15. The van der Waals surface area contributed by atoms with Gasteiger partial charge >= 0.3 is 0 Å². The minimum absolute atomic E-state index is 0.0236. The van der Waals surface area contributed by atoms with Crippen molar-refractivity contribution in [2.45, 2.75) is 76.8 Å². The molecule has 2 fully saturated rings. The average Bonchev–Trinajstić information content (AvgIpc) is 2.32. The first-order valence-electron chi connectivity index (χ1n) is 7.58. The van der Waals surface area contributed by atoms with Crippen molar-refractivity contribution in [1.29, 1.82) is 0 Å². The number of carbonyl (C=O) groups is 1. The Kier molecular flexibility index (Phi) is 4.31. The van der Waals surface area contributed by atoms with E-state index in [4.69, 9.17) is 5.73 Å². The van der Waals surface area contributed by atoms with E-state index < -0.39 is 0 Å². The van der Waals surface area contributed by atoms with E-state index in [1.54, 1.807) is 0 Å². The highest BCUT2D eigenvalue weighted by atomic mass is 16.2. The lowest BCUT2D eigenvalue weighted by Crippen LogP contribution is -2.53. The van der Waals surface area contributed by atoms with E-state index in [0.717, 1.165) is 25.7 Å². The third-order valence-corrected chi connectivity index (χ3v) is 4.88. The van der Waals surface area contributed by atoms with E-state index in [-0.39, 0.29) is 23.4 Å². The fourth-order valence-electron chi connectivity index (χ4n) is 3.55. The Hall–Kier alpha value is -0.570. The quantitative estimate of drug-likeness (QED) is 0.793. The van der Waals surface area contributed by atoms with Gasteiger partial charge in [0, 0.05) is 11.6 Å². The number of amides is 1. The second kappa shape index (κ2) is 5.60. The molecule has 0 heterocycles. The van der Waals surface area contributed by atoms with Crippen molar-refractivity contribution in [3.63, 3.8) is 0 Å². The highest BCUT2D eigenvalue weighted by Gasteiger charge is 2.35. The molecule has 1 amide bonds. The van der Waals surface area contributed by atoms with Gasteiger partial charge in [0.05, 0.1) is 5.92 Å². The normalized spacial score (nSPS) is 36.1. The van der Waals surface area contributed by atoms with E-state index in [1.165, 1.54) is 25.7 Å². The first-order valence-corrected chi connectivity index (χ1v) is 7.58. The highest BCUT2D eigenvalue weighted by Crippen LogP contribution is 2.31. The molecule has 0 aliphatic heterocycles. The Morgan fingerprint density at radius 2 is 1.89 bits per heavy atom. The van der Waals surface area contributed by atoms with Gasteiger partial charge in [-0.15, -0.1) is 0 Å². The van der Waals surface area contributed by atoms with Crippen LogP contribution in [-0.4, -0.2) is 17.5 Å². The molecule has 0 aromatic carbocycles. The monoisotopic (exact) mass is 252 g/mol. The van der Waals surface area contributed by atoms with Crippen LogP contribution < -0.4 is 11.1 Å². The summed E-state index contributed by atoms with van der Waals surface area (Å²) >= 11 is 0. The van der Waals surface area contributed by atoms with Crippen LogP contribution in [0.2, 0.25) is 0 Å². The van der Waals surface area contributed by atoms with Crippen molar-refractivity contribution in [2.24, 2.45) is 17.6 Å². The van der Waals surface area contributed by atoms with Crippen LogP contribution in [0.3, 0.4) is 0 Å². The van der Waals surface area contributed by atoms with Crippen molar-refractivity contribution < 1.29 is 4.79 Å². The van der Waals surface area contributed by atoms with Crippen molar-refractivity contribution in [3.8, 4) is 0 Å². The van der Waals surface area contributed by atoms with Gasteiger partial charge in [-0.05, 0) is 44.9 Å². The molecule has 2 aliphatic rings. The molecule has 0 bridgehead atoms. The zero-order chi connectivity index (χ0) is 13.2. The van der Waals surface area contributed by atoms with E-state index in [9.17, 15) is 4.79 Å². The van der Waals surface area contributed by atoms with Crippen LogP contribution >= 0.6 is 0 Å². The molecule has 0 aromatic rings. The third kappa shape index (κ3) is 3.25. The molecular formula is C15H28N2O. The lowest BCUT2D eigenvalue weighted by molar-refractivity contribution is -0.129. The van der Waals surface area contributed by atoms with Crippen molar-refractivity contribution in [1.82, 2.24) is 5.32 Å². The molecule has 2 rings (SSSR count). The van der Waals surface area contributed by atoms with Crippen molar-refractivity contribution >= 4 is 5.91 Å². The zero-order valence-electron chi connectivity index (χ0n) is 11.9. The summed E-state index contributed by atoms with van der Waals surface area (Å²) in [6, 6.07) is 0.0633. The molecule has 3 unspecified atom stereocenters. The van der Waals surface area contributed by atoms with E-state index in [1.807, 2.05) is 0 Å². The second-order valence-corrected chi connectivity index (χ2v) is 6.80. The van der Waals surface area contributed by atoms with Crippen molar-refractivity contribution in [3.05, 3.63) is 0 Å². The van der Waals surface area contributed by atoms with Crippen LogP contribution in [0, 0.1) is 11.8 Å². The minimum atomic E-state index is 0.0236. The molecule has 0 radical (unpaired) electrons. The number of hydrogen-bond acceptors (Lipinski definition) is 2. The van der Waals surface area contributed by atoms with Gasteiger partial charge in [0.25, 0.3) is 0 Å². The van der Waals surface area contributed by atoms with Crippen LogP contribution in [0.25, 0.3) is 0 Å². The molecule has 3 heteroatoms. The number of rotatable bonds is 2. The zero-order valence-corrected chi connectivity index (χ0v) is 11.9. The molecule has 104 valence electrons. The summed E-state index contributed by atoms with van der Waals surface area (Å²) < 4.78 is 0. The molecule has 0 saturated heterocycles. The summed E-state index contributed by atoms with van der Waals surface area (Å²) in [7, 11) is 0. The molecule has 2 saturated carbocycles. The topological polar surface area (TPSA) is 55.1 Å². The van der Waals surface area contributed by atoms with E-state index in [2.05, 4.69) is 19.2 Å². The van der Waals surface area contributed by atoms with E-state index in [0.29, 0.717) is 5.92 Å². The van der Waals surface area contributed by atoms with Gasteiger partial charge in [-0.1, -0.05) is 26.2 Å². The van der Waals surface area contributed by atoms with Crippen LogP contribution in [0.15, 0.2) is 0 Å². The maximum atomic E-state index is 12.4. The van der Waals surface area contributed by atoms with Crippen LogP contribution in [0.5, 0.6) is 0 Å². The van der Waals surface area contributed by atoms with Gasteiger partial charge < -0.3 is 11.1 Å². The number of hydrogen-bond donors (Lipinski definition) is 2. The first-order chi connectivity index (χ1) is 8.50. The van der Waals surface area contributed by atoms with Gasteiger partial charge in [0.2, 0.25) is 5.91 Å². The van der Waals surface area contributed by atoms with Crippen LogP contribution in [-0.2, 0) is 4.79 Å². The van der Waals surface area contributed by atoms with Gasteiger partial charge in [-0.25, -0.2) is 0 Å². The molecule has 0 aromatic heterocycles. The summed E-state index contributed by atoms with van der Waals surface area (Å²) in [6.07, 6.45) is 9.16. The fraction of sp³-hybridized carbons (Fsp3) is 0.933. The lowest BCUT2D eigenvalue weighted by atomic mass is 9.77. The van der Waals surface area contributed by atoms with Gasteiger partial charge in [0.15, 0.2) is 0 Å². The van der Waals surface area contributed by atoms with Crippen molar-refractivity contribution in [2.75, 3.05) is 0 Å². The predicted octanol–water partition coefficient (Wildman–Crippen LogP) is 2.59.